The van der Waals surface area contributed by atoms with E-state index in [2.05, 4.69) is 0 Å². The van der Waals surface area contributed by atoms with Crippen LogP contribution >= 0.6 is 0 Å². The molecule has 1 aliphatic rings. The van der Waals surface area contributed by atoms with Crippen LogP contribution in [0.3, 0.4) is 0 Å². The maximum Gasteiger partial charge on any atom is 0.407 e. The molecule has 1 saturated heterocycles. The summed E-state index contributed by atoms with van der Waals surface area (Å²) in [5, 5.41) is 8.99. The number of hydrogen-bond donors (Lipinski definition) is 1. The average Bonchev–Trinajstić information content (AvgIpc) is 2.76. The van der Waals surface area contributed by atoms with E-state index in [0.717, 1.165) is 31.2 Å². The second kappa shape index (κ2) is 5.17. The Balaban J connectivity index is 1.89. The van der Waals surface area contributed by atoms with Crippen molar-refractivity contribution in [3.8, 4) is 0 Å². The van der Waals surface area contributed by atoms with E-state index in [0.29, 0.717) is 6.54 Å². The number of amides is 1. The van der Waals surface area contributed by atoms with Crippen LogP contribution < -0.4 is 0 Å². The monoisotopic (exact) mass is 237 g/mol. The molecule has 1 amide bonds. The van der Waals surface area contributed by atoms with Crippen molar-refractivity contribution in [2.75, 3.05) is 6.54 Å². The Morgan fingerprint density at radius 2 is 2.12 bits per heavy atom. The van der Waals surface area contributed by atoms with Crippen molar-refractivity contribution >= 4 is 6.09 Å². The Morgan fingerprint density at radius 1 is 1.41 bits per heavy atom. The SMILES string of the molecule is O=C(O)N1CCC[C@H]1CCc1ccc(F)cc1. The van der Waals surface area contributed by atoms with Gasteiger partial charge in [-0.3, -0.25) is 0 Å². The molecule has 17 heavy (non-hydrogen) atoms. The Bertz CT molecular complexity index is 391. The topological polar surface area (TPSA) is 40.5 Å². The molecule has 1 fully saturated rings. The first-order chi connectivity index (χ1) is 8.16. The molecule has 0 aromatic heterocycles. The normalized spacial score (nSPS) is 19.6. The molecular weight excluding hydrogens is 221 g/mol. The zero-order valence-electron chi connectivity index (χ0n) is 9.60. The van der Waals surface area contributed by atoms with Crippen molar-refractivity contribution in [2.45, 2.75) is 31.7 Å². The van der Waals surface area contributed by atoms with Gasteiger partial charge in [0.05, 0.1) is 0 Å². The fraction of sp³-hybridized carbons (Fsp3) is 0.462. The number of aryl methyl sites for hydroxylation is 1. The highest BCUT2D eigenvalue weighted by Crippen LogP contribution is 2.21. The summed E-state index contributed by atoms with van der Waals surface area (Å²) in [6.07, 6.45) is 2.67. The van der Waals surface area contributed by atoms with Gasteiger partial charge in [-0.25, -0.2) is 9.18 Å². The van der Waals surface area contributed by atoms with Gasteiger partial charge < -0.3 is 10.0 Å². The average molecular weight is 237 g/mol. The molecule has 0 saturated carbocycles. The number of halogens is 1. The van der Waals surface area contributed by atoms with Crippen molar-refractivity contribution in [3.63, 3.8) is 0 Å². The first-order valence-corrected chi connectivity index (χ1v) is 5.91. The Kier molecular flexibility index (Phi) is 3.61. The van der Waals surface area contributed by atoms with Crippen molar-refractivity contribution in [2.24, 2.45) is 0 Å². The van der Waals surface area contributed by atoms with Crippen LogP contribution in [0.4, 0.5) is 9.18 Å². The van der Waals surface area contributed by atoms with E-state index in [-0.39, 0.29) is 11.9 Å². The first-order valence-electron chi connectivity index (χ1n) is 5.91. The molecule has 1 N–H and O–H groups in total. The molecule has 0 unspecified atom stereocenters. The van der Waals surface area contributed by atoms with Gasteiger partial charge in [0.2, 0.25) is 0 Å². The molecule has 1 aromatic rings. The van der Waals surface area contributed by atoms with Gasteiger partial charge in [0.1, 0.15) is 5.82 Å². The minimum absolute atomic E-state index is 0.123. The van der Waals surface area contributed by atoms with Gasteiger partial charge in [0.15, 0.2) is 0 Å². The second-order valence-electron chi connectivity index (χ2n) is 4.44. The summed E-state index contributed by atoms with van der Waals surface area (Å²) >= 11 is 0. The zero-order valence-corrected chi connectivity index (χ0v) is 9.60. The number of rotatable bonds is 3. The molecule has 2 rings (SSSR count). The fourth-order valence-corrected chi connectivity index (χ4v) is 2.37. The predicted molar refractivity (Wildman–Crippen MR) is 62.5 cm³/mol. The number of likely N-dealkylation sites (tertiary alicyclic amines) is 1. The van der Waals surface area contributed by atoms with Gasteiger partial charge >= 0.3 is 6.09 Å². The lowest BCUT2D eigenvalue weighted by Gasteiger charge is -2.21. The van der Waals surface area contributed by atoms with E-state index in [9.17, 15) is 9.18 Å². The van der Waals surface area contributed by atoms with Gasteiger partial charge in [-0.15, -0.1) is 0 Å². The number of nitrogens with zero attached hydrogens (tertiary/aromatic N) is 1. The third-order valence-corrected chi connectivity index (χ3v) is 3.30. The summed E-state index contributed by atoms with van der Waals surface area (Å²) in [6, 6.07) is 6.53. The first kappa shape index (κ1) is 11.9. The molecule has 1 aliphatic heterocycles. The minimum Gasteiger partial charge on any atom is -0.465 e. The van der Waals surface area contributed by atoms with Crippen LogP contribution in [0.2, 0.25) is 0 Å². The Labute approximate surface area is 99.9 Å². The molecule has 1 atom stereocenters. The summed E-state index contributed by atoms with van der Waals surface area (Å²) in [5.41, 5.74) is 1.06. The summed E-state index contributed by atoms with van der Waals surface area (Å²) in [6.45, 7) is 0.642. The van der Waals surface area contributed by atoms with Gasteiger partial charge in [-0.05, 0) is 43.4 Å². The van der Waals surface area contributed by atoms with Crippen LogP contribution in [-0.4, -0.2) is 28.7 Å². The highest BCUT2D eigenvalue weighted by Gasteiger charge is 2.27. The van der Waals surface area contributed by atoms with E-state index < -0.39 is 6.09 Å². The van der Waals surface area contributed by atoms with Crippen LogP contribution in [0.25, 0.3) is 0 Å². The van der Waals surface area contributed by atoms with Gasteiger partial charge in [-0.1, -0.05) is 12.1 Å². The van der Waals surface area contributed by atoms with E-state index in [4.69, 9.17) is 5.11 Å². The van der Waals surface area contributed by atoms with Crippen LogP contribution in [0.5, 0.6) is 0 Å². The van der Waals surface area contributed by atoms with Crippen LogP contribution in [0.1, 0.15) is 24.8 Å². The Hall–Kier alpha value is -1.58. The van der Waals surface area contributed by atoms with Crippen molar-refractivity contribution in [1.82, 2.24) is 4.90 Å². The summed E-state index contributed by atoms with van der Waals surface area (Å²) < 4.78 is 12.7. The van der Waals surface area contributed by atoms with E-state index in [1.165, 1.54) is 17.0 Å². The molecule has 0 spiro atoms. The number of hydrogen-bond acceptors (Lipinski definition) is 1. The number of carboxylic acid groups (broad SMARTS) is 1. The number of carbonyl (C=O) groups is 1. The molecular formula is C13H16FNO2. The van der Waals surface area contributed by atoms with Crippen LogP contribution in [-0.2, 0) is 6.42 Å². The van der Waals surface area contributed by atoms with Crippen molar-refractivity contribution in [1.29, 1.82) is 0 Å². The quantitative estimate of drug-likeness (QED) is 0.878. The lowest BCUT2D eigenvalue weighted by atomic mass is 10.0. The zero-order chi connectivity index (χ0) is 12.3. The lowest BCUT2D eigenvalue weighted by molar-refractivity contribution is 0.138. The minimum atomic E-state index is -0.827. The standard InChI is InChI=1S/C13H16FNO2/c14-11-6-3-10(4-7-11)5-8-12-2-1-9-15(12)13(16)17/h3-4,6-7,12H,1-2,5,8-9H2,(H,16,17)/t12-/m0/s1. The molecule has 1 heterocycles. The van der Waals surface area contributed by atoms with Crippen LogP contribution in [0.15, 0.2) is 24.3 Å². The third kappa shape index (κ3) is 2.96. The summed E-state index contributed by atoms with van der Waals surface area (Å²) in [7, 11) is 0. The lowest BCUT2D eigenvalue weighted by Crippen LogP contribution is -2.34. The molecule has 3 nitrogen and oxygen atoms in total. The second-order valence-corrected chi connectivity index (χ2v) is 4.44. The molecule has 0 aliphatic carbocycles. The fourth-order valence-electron chi connectivity index (χ4n) is 2.37. The van der Waals surface area contributed by atoms with Crippen LogP contribution in [0, 0.1) is 5.82 Å². The van der Waals surface area contributed by atoms with Gasteiger partial charge in [-0.2, -0.15) is 0 Å². The molecule has 92 valence electrons. The smallest absolute Gasteiger partial charge is 0.407 e. The van der Waals surface area contributed by atoms with E-state index in [1.807, 2.05) is 0 Å². The predicted octanol–water partition coefficient (Wildman–Crippen LogP) is 2.90. The largest absolute Gasteiger partial charge is 0.465 e. The van der Waals surface area contributed by atoms with Gasteiger partial charge in [0.25, 0.3) is 0 Å². The highest BCUT2D eigenvalue weighted by atomic mass is 19.1. The van der Waals surface area contributed by atoms with E-state index in [1.54, 1.807) is 12.1 Å². The molecule has 1 aromatic carbocycles. The number of benzene rings is 1. The Morgan fingerprint density at radius 3 is 2.76 bits per heavy atom. The maximum atomic E-state index is 12.7. The summed E-state index contributed by atoms with van der Waals surface area (Å²) in [5.74, 6) is -0.234. The third-order valence-electron chi connectivity index (χ3n) is 3.30. The van der Waals surface area contributed by atoms with E-state index >= 15 is 0 Å². The van der Waals surface area contributed by atoms with Crippen molar-refractivity contribution < 1.29 is 14.3 Å². The van der Waals surface area contributed by atoms with Gasteiger partial charge in [0, 0.05) is 12.6 Å². The molecule has 4 heteroatoms. The molecule has 0 radical (unpaired) electrons. The summed E-state index contributed by atoms with van der Waals surface area (Å²) in [4.78, 5) is 12.5. The van der Waals surface area contributed by atoms with Crippen molar-refractivity contribution in [3.05, 3.63) is 35.6 Å². The highest BCUT2D eigenvalue weighted by molar-refractivity contribution is 5.65. The molecule has 0 bridgehead atoms. The maximum absolute atomic E-state index is 12.7.